The third-order valence-electron chi connectivity index (χ3n) is 4.86. The number of methoxy groups -OCH3 is 1. The first-order valence-electron chi connectivity index (χ1n) is 9.95. The van der Waals surface area contributed by atoms with Crippen LogP contribution in [0.15, 0.2) is 76.7 Å². The van der Waals surface area contributed by atoms with Crippen molar-refractivity contribution in [2.24, 2.45) is 0 Å². The number of aromatic nitrogens is 2. The van der Waals surface area contributed by atoms with E-state index in [1.807, 2.05) is 24.3 Å². The van der Waals surface area contributed by atoms with Crippen LogP contribution in [0.3, 0.4) is 0 Å². The molecule has 0 aliphatic carbocycles. The lowest BCUT2D eigenvalue weighted by molar-refractivity contribution is -0.113. The maximum Gasteiger partial charge on any atom is 0.262 e. The minimum absolute atomic E-state index is 0.0128. The lowest BCUT2D eigenvalue weighted by Crippen LogP contribution is -2.25. The number of fused-ring (bicyclic) bond motifs is 1. The summed E-state index contributed by atoms with van der Waals surface area (Å²) < 4.78 is 20.0. The summed E-state index contributed by atoms with van der Waals surface area (Å²) in [5, 5.41) is 3.67. The Morgan fingerprint density at radius 1 is 1.15 bits per heavy atom. The first-order valence-corrected chi connectivity index (χ1v) is 11.3. The average molecular weight is 484 g/mol. The van der Waals surface area contributed by atoms with Gasteiger partial charge in [-0.1, -0.05) is 47.6 Å². The Labute approximate surface area is 198 Å². The second kappa shape index (κ2) is 10.1. The molecule has 0 aliphatic heterocycles. The summed E-state index contributed by atoms with van der Waals surface area (Å²) in [7, 11) is 1.59. The van der Waals surface area contributed by atoms with E-state index < -0.39 is 5.82 Å². The maximum atomic E-state index is 13.2. The topological polar surface area (TPSA) is 73.2 Å². The number of hydrogen-bond donors (Lipinski definition) is 1. The number of para-hydroxylation sites is 1. The van der Waals surface area contributed by atoms with Gasteiger partial charge in [0.2, 0.25) is 5.91 Å². The number of benzene rings is 3. The predicted octanol–water partition coefficient (Wildman–Crippen LogP) is 4.98. The van der Waals surface area contributed by atoms with Gasteiger partial charge in [0.15, 0.2) is 5.16 Å². The van der Waals surface area contributed by atoms with Crippen LogP contribution in [0.25, 0.3) is 10.9 Å². The molecule has 9 heteroatoms. The van der Waals surface area contributed by atoms with Crippen LogP contribution in [0.5, 0.6) is 5.75 Å². The van der Waals surface area contributed by atoms with Gasteiger partial charge in [-0.15, -0.1) is 0 Å². The number of nitrogens with zero attached hydrogens (tertiary/aromatic N) is 2. The van der Waals surface area contributed by atoms with Crippen LogP contribution in [0.4, 0.5) is 10.1 Å². The fourth-order valence-corrected chi connectivity index (χ4v) is 4.23. The molecular formula is C24H19ClFN3O3S. The molecule has 3 aromatic carbocycles. The molecule has 0 aliphatic rings. The van der Waals surface area contributed by atoms with Gasteiger partial charge >= 0.3 is 0 Å². The van der Waals surface area contributed by atoms with Crippen LogP contribution < -0.4 is 15.6 Å². The number of amides is 1. The van der Waals surface area contributed by atoms with E-state index >= 15 is 0 Å². The van der Waals surface area contributed by atoms with Crippen molar-refractivity contribution in [2.45, 2.75) is 11.7 Å². The van der Waals surface area contributed by atoms with E-state index in [0.29, 0.717) is 27.5 Å². The normalized spacial score (nSPS) is 10.9. The van der Waals surface area contributed by atoms with E-state index in [9.17, 15) is 14.0 Å². The van der Waals surface area contributed by atoms with Crippen LogP contribution in [-0.2, 0) is 11.3 Å². The first-order chi connectivity index (χ1) is 15.9. The van der Waals surface area contributed by atoms with Gasteiger partial charge in [0.1, 0.15) is 11.6 Å². The van der Waals surface area contributed by atoms with Crippen LogP contribution >= 0.6 is 23.4 Å². The standard InChI is InChI=1S/C24H19ClFN3O3S/c1-32-17-9-6-15(7-10-17)13-29-23(31)18-4-2-3-5-20(18)28-24(29)33-14-22(30)27-21-11-8-16(26)12-19(21)25/h2-12H,13-14H2,1H3,(H,27,30). The Kier molecular flexibility index (Phi) is 6.96. The molecule has 0 spiro atoms. The van der Waals surface area contributed by atoms with Crippen molar-refractivity contribution in [1.29, 1.82) is 0 Å². The molecule has 4 rings (SSSR count). The zero-order chi connectivity index (χ0) is 23.4. The molecule has 0 radical (unpaired) electrons. The number of rotatable bonds is 7. The number of hydrogen-bond acceptors (Lipinski definition) is 5. The molecule has 168 valence electrons. The molecule has 6 nitrogen and oxygen atoms in total. The summed E-state index contributed by atoms with van der Waals surface area (Å²) in [5.41, 5.74) is 1.56. The highest BCUT2D eigenvalue weighted by Gasteiger charge is 2.15. The monoisotopic (exact) mass is 483 g/mol. The third-order valence-corrected chi connectivity index (χ3v) is 6.15. The van der Waals surface area contributed by atoms with E-state index in [2.05, 4.69) is 10.3 Å². The van der Waals surface area contributed by atoms with Crippen molar-refractivity contribution in [3.8, 4) is 5.75 Å². The Morgan fingerprint density at radius 2 is 1.91 bits per heavy atom. The Hall–Kier alpha value is -3.36. The molecule has 0 saturated carbocycles. The number of thioether (sulfide) groups is 1. The lowest BCUT2D eigenvalue weighted by Gasteiger charge is -2.14. The van der Waals surface area contributed by atoms with Gasteiger partial charge in [-0.25, -0.2) is 9.37 Å². The fraction of sp³-hybridized carbons (Fsp3) is 0.125. The molecule has 1 N–H and O–H groups in total. The zero-order valence-electron chi connectivity index (χ0n) is 17.5. The van der Waals surface area contributed by atoms with Crippen molar-refractivity contribution >= 4 is 45.9 Å². The smallest absolute Gasteiger partial charge is 0.262 e. The van der Waals surface area contributed by atoms with Crippen LogP contribution in [0.2, 0.25) is 5.02 Å². The Morgan fingerprint density at radius 3 is 2.64 bits per heavy atom. The fourth-order valence-electron chi connectivity index (χ4n) is 3.22. The minimum atomic E-state index is -0.490. The molecule has 4 aromatic rings. The van der Waals surface area contributed by atoms with Crippen LogP contribution in [0.1, 0.15) is 5.56 Å². The number of carbonyl (C=O) groups excluding carboxylic acids is 1. The van der Waals surface area contributed by atoms with E-state index in [1.165, 1.54) is 12.1 Å². The van der Waals surface area contributed by atoms with Crippen molar-refractivity contribution in [1.82, 2.24) is 9.55 Å². The Bertz CT molecular complexity index is 1380. The highest BCUT2D eigenvalue weighted by molar-refractivity contribution is 7.99. The van der Waals surface area contributed by atoms with Gasteiger partial charge in [0.25, 0.3) is 5.56 Å². The summed E-state index contributed by atoms with van der Waals surface area (Å²) in [6.45, 7) is 0.286. The summed E-state index contributed by atoms with van der Waals surface area (Å²) >= 11 is 7.12. The number of nitrogens with one attached hydrogen (secondary N) is 1. The number of ether oxygens (including phenoxy) is 1. The average Bonchev–Trinajstić information content (AvgIpc) is 2.82. The van der Waals surface area contributed by atoms with Gasteiger partial charge in [-0.05, 0) is 48.0 Å². The minimum Gasteiger partial charge on any atom is -0.497 e. The van der Waals surface area contributed by atoms with Gasteiger partial charge in [-0.2, -0.15) is 0 Å². The molecule has 0 saturated heterocycles. The van der Waals surface area contributed by atoms with Gasteiger partial charge in [-0.3, -0.25) is 14.2 Å². The lowest BCUT2D eigenvalue weighted by atomic mass is 10.2. The van der Waals surface area contributed by atoms with E-state index in [0.717, 1.165) is 23.4 Å². The van der Waals surface area contributed by atoms with Crippen LogP contribution in [-0.4, -0.2) is 28.3 Å². The first kappa shape index (κ1) is 22.8. The predicted molar refractivity (Wildman–Crippen MR) is 129 cm³/mol. The van der Waals surface area contributed by atoms with E-state index in [4.69, 9.17) is 16.3 Å². The molecule has 1 aromatic heterocycles. The second-order valence-corrected chi connectivity index (χ2v) is 8.46. The summed E-state index contributed by atoms with van der Waals surface area (Å²) in [4.78, 5) is 30.3. The molecule has 33 heavy (non-hydrogen) atoms. The van der Waals surface area contributed by atoms with Crippen molar-refractivity contribution in [3.63, 3.8) is 0 Å². The van der Waals surface area contributed by atoms with Crippen LogP contribution in [0, 0.1) is 5.82 Å². The number of carbonyl (C=O) groups is 1. The molecular weight excluding hydrogens is 465 g/mol. The van der Waals surface area contributed by atoms with E-state index in [1.54, 1.807) is 35.9 Å². The van der Waals surface area contributed by atoms with Gasteiger partial charge in [0, 0.05) is 0 Å². The molecule has 0 atom stereocenters. The number of halogens is 2. The molecule has 1 amide bonds. The summed E-state index contributed by atoms with van der Waals surface area (Å²) in [6, 6.07) is 18.2. The SMILES string of the molecule is COc1ccc(Cn2c(SCC(=O)Nc3ccc(F)cc3Cl)nc3ccccc3c2=O)cc1. The second-order valence-electron chi connectivity index (χ2n) is 7.11. The van der Waals surface area contributed by atoms with Gasteiger partial charge < -0.3 is 10.1 Å². The van der Waals surface area contributed by atoms with Crippen molar-refractivity contribution in [3.05, 3.63) is 93.5 Å². The summed E-state index contributed by atoms with van der Waals surface area (Å²) in [5.74, 6) is -0.142. The van der Waals surface area contributed by atoms with E-state index in [-0.39, 0.29) is 28.8 Å². The Balaban J connectivity index is 1.60. The molecule has 0 bridgehead atoms. The van der Waals surface area contributed by atoms with Crippen molar-refractivity contribution in [2.75, 3.05) is 18.2 Å². The molecule has 0 fully saturated rings. The molecule has 1 heterocycles. The third kappa shape index (κ3) is 5.35. The highest BCUT2D eigenvalue weighted by atomic mass is 35.5. The quantitative estimate of drug-likeness (QED) is 0.296. The highest BCUT2D eigenvalue weighted by Crippen LogP contribution is 2.24. The van der Waals surface area contributed by atoms with Crippen molar-refractivity contribution < 1.29 is 13.9 Å². The maximum absolute atomic E-state index is 13.2. The number of anilines is 1. The zero-order valence-corrected chi connectivity index (χ0v) is 19.1. The summed E-state index contributed by atoms with van der Waals surface area (Å²) in [6.07, 6.45) is 0. The largest absolute Gasteiger partial charge is 0.497 e. The van der Waals surface area contributed by atoms with Gasteiger partial charge in [0.05, 0.1) is 41.0 Å². The molecule has 0 unspecified atom stereocenters.